The highest BCUT2D eigenvalue weighted by Crippen LogP contribution is 2.10. The van der Waals surface area contributed by atoms with E-state index in [9.17, 15) is 0 Å². The lowest BCUT2D eigenvalue weighted by Crippen LogP contribution is -2.19. The molecule has 1 rings (SSSR count). The van der Waals surface area contributed by atoms with Gasteiger partial charge in [-0.1, -0.05) is 23.7 Å². The van der Waals surface area contributed by atoms with Crippen LogP contribution in [0.5, 0.6) is 0 Å². The summed E-state index contributed by atoms with van der Waals surface area (Å²) in [6, 6.07) is 3.84. The minimum atomic E-state index is 0.558. The molecule has 0 amide bonds. The van der Waals surface area contributed by atoms with E-state index < -0.39 is 0 Å². The molecular formula is C12H17ClN2O. The van der Waals surface area contributed by atoms with Crippen molar-refractivity contribution < 1.29 is 4.74 Å². The zero-order chi connectivity index (χ0) is 11.6. The highest BCUT2D eigenvalue weighted by atomic mass is 35.5. The van der Waals surface area contributed by atoms with Gasteiger partial charge in [0.1, 0.15) is 5.15 Å². The summed E-state index contributed by atoms with van der Waals surface area (Å²) in [7, 11) is 0. The Hall–Kier alpha value is -0.900. The van der Waals surface area contributed by atoms with Crippen molar-refractivity contribution in [2.75, 3.05) is 19.8 Å². The SMILES string of the molecule is C=CCCOCCNCc1cccnc1Cl. The Balaban J connectivity index is 2.07. The van der Waals surface area contributed by atoms with Crippen LogP contribution in [-0.4, -0.2) is 24.7 Å². The first kappa shape index (κ1) is 13.2. The first-order valence-corrected chi connectivity index (χ1v) is 5.71. The van der Waals surface area contributed by atoms with Crippen LogP contribution in [0.2, 0.25) is 5.15 Å². The monoisotopic (exact) mass is 240 g/mol. The van der Waals surface area contributed by atoms with E-state index in [1.807, 2.05) is 18.2 Å². The molecule has 0 saturated carbocycles. The summed E-state index contributed by atoms with van der Waals surface area (Å²) in [5.74, 6) is 0. The van der Waals surface area contributed by atoms with Crippen molar-refractivity contribution in [3.8, 4) is 0 Å². The Kier molecular flexibility index (Phi) is 6.81. The summed E-state index contributed by atoms with van der Waals surface area (Å²) in [4.78, 5) is 4.00. The highest BCUT2D eigenvalue weighted by Gasteiger charge is 1.98. The van der Waals surface area contributed by atoms with Crippen molar-refractivity contribution in [1.29, 1.82) is 0 Å². The third-order valence-corrected chi connectivity index (χ3v) is 2.38. The van der Waals surface area contributed by atoms with Crippen LogP contribution in [0.3, 0.4) is 0 Å². The molecule has 0 bridgehead atoms. The smallest absolute Gasteiger partial charge is 0.133 e. The van der Waals surface area contributed by atoms with Crippen LogP contribution in [0.25, 0.3) is 0 Å². The molecule has 1 aromatic rings. The minimum Gasteiger partial charge on any atom is -0.380 e. The Morgan fingerprint density at radius 1 is 1.50 bits per heavy atom. The molecular weight excluding hydrogens is 224 g/mol. The second kappa shape index (κ2) is 8.28. The van der Waals surface area contributed by atoms with Crippen molar-refractivity contribution in [2.24, 2.45) is 0 Å². The average molecular weight is 241 g/mol. The largest absolute Gasteiger partial charge is 0.380 e. The van der Waals surface area contributed by atoms with E-state index >= 15 is 0 Å². The van der Waals surface area contributed by atoms with Gasteiger partial charge in [-0.15, -0.1) is 6.58 Å². The molecule has 0 saturated heterocycles. The molecule has 1 aromatic heterocycles. The number of pyridine rings is 1. The lowest BCUT2D eigenvalue weighted by atomic mass is 10.3. The minimum absolute atomic E-state index is 0.558. The Bertz CT molecular complexity index is 318. The second-order valence-electron chi connectivity index (χ2n) is 3.32. The molecule has 0 unspecified atom stereocenters. The third-order valence-electron chi connectivity index (χ3n) is 2.04. The van der Waals surface area contributed by atoms with Crippen molar-refractivity contribution in [2.45, 2.75) is 13.0 Å². The van der Waals surface area contributed by atoms with Crippen LogP contribution in [0.15, 0.2) is 31.0 Å². The van der Waals surface area contributed by atoms with E-state index in [1.54, 1.807) is 6.20 Å². The molecule has 1 N–H and O–H groups in total. The van der Waals surface area contributed by atoms with E-state index in [2.05, 4.69) is 16.9 Å². The maximum absolute atomic E-state index is 5.91. The maximum Gasteiger partial charge on any atom is 0.133 e. The predicted molar refractivity (Wildman–Crippen MR) is 66.6 cm³/mol. The van der Waals surface area contributed by atoms with Crippen LogP contribution < -0.4 is 5.32 Å². The number of rotatable bonds is 8. The molecule has 0 aliphatic carbocycles. The van der Waals surface area contributed by atoms with E-state index in [0.717, 1.165) is 31.7 Å². The topological polar surface area (TPSA) is 34.1 Å². The van der Waals surface area contributed by atoms with Gasteiger partial charge in [-0.05, 0) is 12.5 Å². The standard InChI is InChI=1S/C12H17ClN2O/c1-2-3-8-16-9-7-14-10-11-5-4-6-15-12(11)13/h2,4-6,14H,1,3,7-10H2. The third kappa shape index (κ3) is 5.26. The number of hydrogen-bond acceptors (Lipinski definition) is 3. The van der Waals surface area contributed by atoms with E-state index in [-0.39, 0.29) is 0 Å². The van der Waals surface area contributed by atoms with Crippen LogP contribution >= 0.6 is 11.6 Å². The summed E-state index contributed by atoms with van der Waals surface area (Å²) in [6.07, 6.45) is 4.43. The summed E-state index contributed by atoms with van der Waals surface area (Å²) in [6.45, 7) is 6.59. The van der Waals surface area contributed by atoms with Crippen LogP contribution in [0, 0.1) is 0 Å². The lowest BCUT2D eigenvalue weighted by molar-refractivity contribution is 0.140. The van der Waals surface area contributed by atoms with Crippen molar-refractivity contribution in [1.82, 2.24) is 10.3 Å². The normalized spacial score (nSPS) is 10.3. The number of halogens is 1. The van der Waals surface area contributed by atoms with Crippen molar-refractivity contribution in [3.63, 3.8) is 0 Å². The summed E-state index contributed by atoms with van der Waals surface area (Å²) >= 11 is 5.91. The van der Waals surface area contributed by atoms with Crippen LogP contribution in [0.1, 0.15) is 12.0 Å². The van der Waals surface area contributed by atoms with Gasteiger partial charge in [-0.2, -0.15) is 0 Å². The molecule has 88 valence electrons. The fraction of sp³-hybridized carbons (Fsp3) is 0.417. The molecule has 0 aliphatic rings. The summed E-state index contributed by atoms with van der Waals surface area (Å²) in [5.41, 5.74) is 1.01. The first-order chi connectivity index (χ1) is 7.84. The number of ether oxygens (including phenoxy) is 1. The van der Waals surface area contributed by atoms with Crippen LogP contribution in [0.4, 0.5) is 0 Å². The number of nitrogens with zero attached hydrogens (tertiary/aromatic N) is 1. The molecule has 16 heavy (non-hydrogen) atoms. The molecule has 0 spiro atoms. The Morgan fingerprint density at radius 3 is 3.12 bits per heavy atom. The van der Waals surface area contributed by atoms with Gasteiger partial charge in [0.15, 0.2) is 0 Å². The van der Waals surface area contributed by atoms with Crippen molar-refractivity contribution in [3.05, 3.63) is 41.7 Å². The van der Waals surface area contributed by atoms with Crippen molar-refractivity contribution >= 4 is 11.6 Å². The predicted octanol–water partition coefficient (Wildman–Crippen LogP) is 2.42. The lowest BCUT2D eigenvalue weighted by Gasteiger charge is -2.06. The molecule has 3 nitrogen and oxygen atoms in total. The first-order valence-electron chi connectivity index (χ1n) is 5.33. The highest BCUT2D eigenvalue weighted by molar-refractivity contribution is 6.30. The maximum atomic E-state index is 5.91. The summed E-state index contributed by atoms with van der Waals surface area (Å²) in [5, 5.41) is 3.80. The van der Waals surface area contributed by atoms with E-state index in [4.69, 9.17) is 16.3 Å². The molecule has 0 aliphatic heterocycles. The Labute approximate surface area is 101 Å². The number of aromatic nitrogens is 1. The molecule has 0 atom stereocenters. The van der Waals surface area contributed by atoms with Gasteiger partial charge in [0.05, 0.1) is 13.2 Å². The summed E-state index contributed by atoms with van der Waals surface area (Å²) < 4.78 is 5.36. The molecule has 0 radical (unpaired) electrons. The van der Waals surface area contributed by atoms with Gasteiger partial charge in [-0.25, -0.2) is 4.98 Å². The molecule has 0 aromatic carbocycles. The van der Waals surface area contributed by atoms with Gasteiger partial charge >= 0.3 is 0 Å². The zero-order valence-electron chi connectivity index (χ0n) is 9.29. The Morgan fingerprint density at radius 2 is 2.38 bits per heavy atom. The molecule has 0 fully saturated rings. The average Bonchev–Trinajstić information content (AvgIpc) is 2.30. The van der Waals surface area contributed by atoms with Gasteiger partial charge in [0.2, 0.25) is 0 Å². The zero-order valence-corrected chi connectivity index (χ0v) is 10.0. The fourth-order valence-corrected chi connectivity index (χ4v) is 1.37. The number of hydrogen-bond donors (Lipinski definition) is 1. The molecule has 4 heteroatoms. The van der Waals surface area contributed by atoms with E-state index in [1.165, 1.54) is 0 Å². The molecule has 1 heterocycles. The van der Waals surface area contributed by atoms with Crippen LogP contribution in [-0.2, 0) is 11.3 Å². The number of nitrogens with one attached hydrogen (secondary N) is 1. The fourth-order valence-electron chi connectivity index (χ4n) is 1.19. The van der Waals surface area contributed by atoms with Gasteiger partial charge in [0.25, 0.3) is 0 Å². The van der Waals surface area contributed by atoms with Gasteiger partial charge in [-0.3, -0.25) is 0 Å². The van der Waals surface area contributed by atoms with Gasteiger partial charge < -0.3 is 10.1 Å². The van der Waals surface area contributed by atoms with E-state index in [0.29, 0.717) is 11.8 Å². The second-order valence-corrected chi connectivity index (χ2v) is 3.68. The quantitative estimate of drug-likeness (QED) is 0.431. The van der Waals surface area contributed by atoms with Gasteiger partial charge in [0, 0.05) is 24.8 Å².